The zero-order valence-corrected chi connectivity index (χ0v) is 19.2. The van der Waals surface area contributed by atoms with Gasteiger partial charge >= 0.3 is 0 Å². The van der Waals surface area contributed by atoms with E-state index in [0.717, 1.165) is 65.6 Å². The van der Waals surface area contributed by atoms with Crippen molar-refractivity contribution in [1.29, 1.82) is 0 Å². The second-order valence-electron chi connectivity index (χ2n) is 8.23. The van der Waals surface area contributed by atoms with E-state index in [0.29, 0.717) is 11.4 Å². The van der Waals surface area contributed by atoms with E-state index in [1.807, 2.05) is 18.2 Å². The second-order valence-corrected chi connectivity index (χ2v) is 9.07. The van der Waals surface area contributed by atoms with Gasteiger partial charge in [-0.2, -0.15) is 0 Å². The van der Waals surface area contributed by atoms with E-state index in [1.54, 1.807) is 6.92 Å². The Kier molecular flexibility index (Phi) is 6.08. The lowest BCUT2D eigenvalue weighted by Gasteiger charge is -2.31. The number of carbonyl (C=O) groups is 1. The Morgan fingerprint density at radius 1 is 1.20 bits per heavy atom. The molecule has 0 aliphatic carbocycles. The lowest BCUT2D eigenvalue weighted by molar-refractivity contribution is -0.117. The van der Waals surface area contributed by atoms with Gasteiger partial charge in [-0.05, 0) is 68.0 Å². The fourth-order valence-electron chi connectivity index (χ4n) is 4.67. The van der Waals surface area contributed by atoms with Gasteiger partial charge in [-0.25, -0.2) is 4.98 Å². The number of aryl methyl sites for hydroxylation is 2. The number of Topliss-reactive ketones (excluding diaryl/α,β-unsaturated/α-hetero) is 1. The number of fused-ring (bicyclic) bond motifs is 3. The maximum atomic E-state index is 12.0. The smallest absolute Gasteiger partial charge is 0.211 e. The highest BCUT2D eigenvalue weighted by molar-refractivity contribution is 6.35. The van der Waals surface area contributed by atoms with Crippen molar-refractivity contribution in [3.63, 3.8) is 0 Å². The molecular weight excluding hydrogens is 417 g/mol. The molecule has 0 saturated carbocycles. The largest absolute Gasteiger partial charge is 0.312 e. The number of anilines is 2. The first-order chi connectivity index (χ1) is 14.4. The molecule has 1 aliphatic heterocycles. The molecule has 4 nitrogen and oxygen atoms in total. The van der Waals surface area contributed by atoms with Crippen LogP contribution in [0.5, 0.6) is 0 Å². The highest BCUT2D eigenvalue weighted by Crippen LogP contribution is 2.40. The van der Waals surface area contributed by atoms with Crippen molar-refractivity contribution < 1.29 is 4.79 Å². The zero-order valence-electron chi connectivity index (χ0n) is 17.7. The first kappa shape index (κ1) is 21.2. The molecule has 0 spiro atoms. The van der Waals surface area contributed by atoms with Crippen molar-refractivity contribution in [3.8, 4) is 0 Å². The third kappa shape index (κ3) is 3.83. The molecule has 2 heterocycles. The Bertz CT molecular complexity index is 1110. The molecule has 4 rings (SSSR count). The molecule has 3 aromatic rings. The Labute approximate surface area is 187 Å². The number of nitrogens with zero attached hydrogens (tertiary/aromatic N) is 3. The van der Waals surface area contributed by atoms with Crippen molar-refractivity contribution in [3.05, 3.63) is 51.5 Å². The molecule has 1 atom stereocenters. The summed E-state index contributed by atoms with van der Waals surface area (Å²) >= 11 is 12.8. The summed E-state index contributed by atoms with van der Waals surface area (Å²) < 4.78 is 2.29. The monoisotopic (exact) mass is 443 g/mol. The van der Waals surface area contributed by atoms with Gasteiger partial charge < -0.3 is 14.3 Å². The molecule has 6 heteroatoms. The minimum atomic E-state index is 0.181. The highest BCUT2D eigenvalue weighted by atomic mass is 35.5. The Balaban J connectivity index is 1.90. The molecule has 1 aromatic heterocycles. The van der Waals surface area contributed by atoms with Crippen molar-refractivity contribution >= 4 is 51.7 Å². The van der Waals surface area contributed by atoms with Gasteiger partial charge in [0, 0.05) is 30.2 Å². The normalized spacial score (nSPS) is 14.8. The summed E-state index contributed by atoms with van der Waals surface area (Å²) in [5, 5.41) is 1.39. The van der Waals surface area contributed by atoms with Gasteiger partial charge in [0.2, 0.25) is 5.95 Å². The standard InChI is InChI=1S/C24H27Cl2N3O/c1-4-6-17(14-16(3)30)19-8-9-20(26)22-23(19)29-12-5-11-28(24(29)27-22)21-10-7-18(25)13-15(21)2/h7-10,13,17H,4-6,11-12,14H2,1-3H3. The van der Waals surface area contributed by atoms with E-state index in [9.17, 15) is 4.79 Å². The number of aromatic nitrogens is 2. The van der Waals surface area contributed by atoms with E-state index < -0.39 is 0 Å². The van der Waals surface area contributed by atoms with Crippen molar-refractivity contribution in [2.45, 2.75) is 58.9 Å². The van der Waals surface area contributed by atoms with Gasteiger partial charge in [0.05, 0.1) is 10.5 Å². The SMILES string of the molecule is CCCC(CC(C)=O)c1ccc(Cl)c2nc3n(c12)CCCN3c1ccc(Cl)cc1C. The number of halogens is 2. The van der Waals surface area contributed by atoms with Crippen LogP contribution in [0.1, 0.15) is 56.6 Å². The quantitative estimate of drug-likeness (QED) is 0.409. The molecule has 0 amide bonds. The van der Waals surface area contributed by atoms with Crippen molar-refractivity contribution in [1.82, 2.24) is 9.55 Å². The number of ketones is 1. The van der Waals surface area contributed by atoms with Gasteiger partial charge in [-0.1, -0.05) is 42.6 Å². The number of rotatable bonds is 6. The third-order valence-corrected chi connectivity index (χ3v) is 6.46. The average Bonchev–Trinajstić information content (AvgIpc) is 3.09. The topological polar surface area (TPSA) is 38.1 Å². The molecule has 0 fully saturated rings. The molecular formula is C24H27Cl2N3O. The van der Waals surface area contributed by atoms with E-state index in [-0.39, 0.29) is 11.7 Å². The Morgan fingerprint density at radius 2 is 2.00 bits per heavy atom. The Morgan fingerprint density at radius 3 is 2.70 bits per heavy atom. The number of carbonyl (C=O) groups excluding carboxylic acids is 1. The molecule has 0 radical (unpaired) electrons. The van der Waals surface area contributed by atoms with Gasteiger partial charge in [-0.15, -0.1) is 0 Å². The molecule has 1 aliphatic rings. The highest BCUT2D eigenvalue weighted by Gasteiger charge is 2.28. The predicted molar refractivity (Wildman–Crippen MR) is 126 cm³/mol. The van der Waals surface area contributed by atoms with E-state index in [2.05, 4.69) is 35.4 Å². The fraction of sp³-hybridized carbons (Fsp3) is 0.417. The molecule has 0 bridgehead atoms. The summed E-state index contributed by atoms with van der Waals surface area (Å²) in [6.45, 7) is 7.70. The summed E-state index contributed by atoms with van der Waals surface area (Å²) in [5.74, 6) is 1.31. The van der Waals surface area contributed by atoms with E-state index >= 15 is 0 Å². The number of imidazole rings is 1. The minimum absolute atomic E-state index is 0.181. The lowest BCUT2D eigenvalue weighted by atomic mass is 9.89. The summed E-state index contributed by atoms with van der Waals surface area (Å²) in [6, 6.07) is 9.99. The fourth-order valence-corrected chi connectivity index (χ4v) is 5.09. The second kappa shape index (κ2) is 8.60. The molecule has 2 aromatic carbocycles. The molecule has 158 valence electrons. The van der Waals surface area contributed by atoms with Crippen LogP contribution in [0.3, 0.4) is 0 Å². The molecule has 30 heavy (non-hydrogen) atoms. The predicted octanol–water partition coefficient (Wildman–Crippen LogP) is 7.06. The van der Waals surface area contributed by atoms with Crippen LogP contribution in [0.25, 0.3) is 11.0 Å². The van der Waals surface area contributed by atoms with Crippen LogP contribution in [0.4, 0.5) is 11.6 Å². The number of benzene rings is 2. The van der Waals surface area contributed by atoms with Crippen LogP contribution in [0.15, 0.2) is 30.3 Å². The molecule has 0 N–H and O–H groups in total. The van der Waals surface area contributed by atoms with Crippen LogP contribution in [-0.4, -0.2) is 21.9 Å². The first-order valence-corrected chi connectivity index (χ1v) is 11.4. The van der Waals surface area contributed by atoms with Crippen LogP contribution in [0, 0.1) is 6.92 Å². The summed E-state index contributed by atoms with van der Waals surface area (Å²) in [5.41, 5.74) is 5.32. The van der Waals surface area contributed by atoms with E-state index in [4.69, 9.17) is 28.2 Å². The summed E-state index contributed by atoms with van der Waals surface area (Å²) in [7, 11) is 0. The molecule has 0 saturated heterocycles. The minimum Gasteiger partial charge on any atom is -0.312 e. The maximum Gasteiger partial charge on any atom is 0.211 e. The maximum absolute atomic E-state index is 12.0. The zero-order chi connectivity index (χ0) is 21.4. The van der Waals surface area contributed by atoms with Crippen LogP contribution in [-0.2, 0) is 11.3 Å². The third-order valence-electron chi connectivity index (χ3n) is 5.92. The summed E-state index contributed by atoms with van der Waals surface area (Å²) in [4.78, 5) is 19.2. The van der Waals surface area contributed by atoms with E-state index in [1.165, 1.54) is 5.56 Å². The lowest BCUT2D eigenvalue weighted by Crippen LogP contribution is -2.28. The van der Waals surface area contributed by atoms with Gasteiger partial charge in [-0.3, -0.25) is 0 Å². The first-order valence-electron chi connectivity index (χ1n) is 10.6. The summed E-state index contributed by atoms with van der Waals surface area (Å²) in [6.07, 6.45) is 3.55. The van der Waals surface area contributed by atoms with Crippen molar-refractivity contribution in [2.75, 3.05) is 11.4 Å². The van der Waals surface area contributed by atoms with Gasteiger partial charge in [0.1, 0.15) is 11.3 Å². The van der Waals surface area contributed by atoms with Crippen molar-refractivity contribution in [2.24, 2.45) is 0 Å². The average molecular weight is 444 g/mol. The number of hydrogen-bond acceptors (Lipinski definition) is 3. The van der Waals surface area contributed by atoms with Gasteiger partial charge in [0.15, 0.2) is 0 Å². The molecule has 1 unspecified atom stereocenters. The number of hydrogen-bond donors (Lipinski definition) is 0. The van der Waals surface area contributed by atoms with Gasteiger partial charge in [0.25, 0.3) is 0 Å². The van der Waals surface area contributed by atoms with Crippen LogP contribution >= 0.6 is 23.2 Å². The van der Waals surface area contributed by atoms with Crippen LogP contribution in [0.2, 0.25) is 10.0 Å². The van der Waals surface area contributed by atoms with Crippen LogP contribution < -0.4 is 4.90 Å². The Hall–Kier alpha value is -2.04.